The van der Waals surface area contributed by atoms with Gasteiger partial charge in [0.2, 0.25) is 5.91 Å². The molecule has 1 aliphatic carbocycles. The minimum atomic E-state index is -0.00887. The first-order chi connectivity index (χ1) is 8.27. The van der Waals surface area contributed by atoms with Crippen LogP contribution in [0.1, 0.15) is 37.0 Å². The van der Waals surface area contributed by atoms with Crippen LogP contribution in [0.3, 0.4) is 0 Å². The minimum absolute atomic E-state index is 0.00887. The van der Waals surface area contributed by atoms with E-state index in [1.54, 1.807) is 23.0 Å². The van der Waals surface area contributed by atoms with Gasteiger partial charge >= 0.3 is 0 Å². The van der Waals surface area contributed by atoms with Crippen LogP contribution in [0.5, 0.6) is 0 Å². The minimum Gasteiger partial charge on any atom is -0.351 e. The second kappa shape index (κ2) is 6.12. The fourth-order valence-electron chi connectivity index (χ4n) is 2.30. The second-order valence-corrected chi connectivity index (χ2v) is 5.56. The highest BCUT2D eigenvalue weighted by Gasteiger charge is 2.26. The molecule has 1 saturated carbocycles. The van der Waals surface area contributed by atoms with Crippen LogP contribution in [0.4, 0.5) is 0 Å². The Kier molecular flexibility index (Phi) is 4.50. The van der Waals surface area contributed by atoms with Gasteiger partial charge < -0.3 is 11.1 Å². The van der Waals surface area contributed by atoms with E-state index in [4.69, 9.17) is 5.73 Å². The normalized spacial score (nSPS) is 25.2. The summed E-state index contributed by atoms with van der Waals surface area (Å²) in [5.74, 6) is 0.0956. The third-order valence-corrected chi connectivity index (χ3v) is 4.11. The molecule has 0 aliphatic heterocycles. The third-order valence-electron chi connectivity index (χ3n) is 3.33. The standard InChI is InChI=1S/C12H19N3OS/c13-11-5-3-1-2-4-10(11)12(16)15-7-9-6-14-8-17-9/h6,8,10-11H,1-5,7,13H2,(H,15,16). The maximum Gasteiger partial charge on any atom is 0.224 e. The van der Waals surface area contributed by atoms with Gasteiger partial charge in [-0.1, -0.05) is 19.3 Å². The Morgan fingerprint density at radius 3 is 3.06 bits per heavy atom. The highest BCUT2D eigenvalue weighted by atomic mass is 32.1. The molecule has 3 N–H and O–H groups in total. The molecule has 4 nitrogen and oxygen atoms in total. The van der Waals surface area contributed by atoms with E-state index in [0.717, 1.165) is 30.6 Å². The first-order valence-corrected chi connectivity index (χ1v) is 7.06. The van der Waals surface area contributed by atoms with Crippen LogP contribution in [0.15, 0.2) is 11.7 Å². The molecule has 0 spiro atoms. The maximum atomic E-state index is 12.0. The molecule has 1 aliphatic rings. The van der Waals surface area contributed by atoms with Crippen molar-refractivity contribution in [3.63, 3.8) is 0 Å². The van der Waals surface area contributed by atoms with Crippen LogP contribution in [0, 0.1) is 5.92 Å². The van der Waals surface area contributed by atoms with Gasteiger partial charge in [0, 0.05) is 17.1 Å². The number of rotatable bonds is 3. The van der Waals surface area contributed by atoms with Gasteiger partial charge in [-0.25, -0.2) is 0 Å². The summed E-state index contributed by atoms with van der Waals surface area (Å²) in [7, 11) is 0. The van der Waals surface area contributed by atoms with E-state index in [1.807, 2.05) is 0 Å². The Labute approximate surface area is 106 Å². The molecule has 94 valence electrons. The molecule has 0 saturated heterocycles. The van der Waals surface area contributed by atoms with Gasteiger partial charge in [0.25, 0.3) is 0 Å². The van der Waals surface area contributed by atoms with Gasteiger partial charge in [-0.15, -0.1) is 11.3 Å². The van der Waals surface area contributed by atoms with Crippen molar-refractivity contribution in [2.24, 2.45) is 11.7 Å². The van der Waals surface area contributed by atoms with Crippen molar-refractivity contribution in [2.75, 3.05) is 0 Å². The highest BCUT2D eigenvalue weighted by molar-refractivity contribution is 7.09. The van der Waals surface area contributed by atoms with Crippen molar-refractivity contribution in [3.05, 3.63) is 16.6 Å². The molecule has 0 bridgehead atoms. The predicted molar refractivity (Wildman–Crippen MR) is 68.5 cm³/mol. The van der Waals surface area contributed by atoms with E-state index in [0.29, 0.717) is 6.54 Å². The Hall–Kier alpha value is -0.940. The number of nitrogens with two attached hydrogens (primary N) is 1. The summed E-state index contributed by atoms with van der Waals surface area (Å²) in [6, 6.07) is 0.0268. The number of hydrogen-bond acceptors (Lipinski definition) is 4. The zero-order chi connectivity index (χ0) is 12.1. The lowest BCUT2D eigenvalue weighted by atomic mass is 9.94. The van der Waals surface area contributed by atoms with Gasteiger partial charge in [0.1, 0.15) is 0 Å². The van der Waals surface area contributed by atoms with Crippen molar-refractivity contribution in [1.29, 1.82) is 0 Å². The number of nitrogens with one attached hydrogen (secondary N) is 1. The highest BCUT2D eigenvalue weighted by Crippen LogP contribution is 2.22. The fourth-order valence-corrected chi connectivity index (χ4v) is 2.83. The molecular weight excluding hydrogens is 234 g/mol. The first-order valence-electron chi connectivity index (χ1n) is 6.18. The average molecular weight is 253 g/mol. The molecule has 0 radical (unpaired) electrons. The zero-order valence-electron chi connectivity index (χ0n) is 9.89. The summed E-state index contributed by atoms with van der Waals surface area (Å²) < 4.78 is 0. The maximum absolute atomic E-state index is 12.0. The van der Waals surface area contributed by atoms with E-state index in [9.17, 15) is 4.79 Å². The van der Waals surface area contributed by atoms with E-state index in [2.05, 4.69) is 10.3 Å². The quantitative estimate of drug-likeness (QED) is 0.805. The van der Waals surface area contributed by atoms with Crippen molar-refractivity contribution >= 4 is 17.2 Å². The molecule has 2 rings (SSSR count). The number of nitrogens with zero attached hydrogens (tertiary/aromatic N) is 1. The van der Waals surface area contributed by atoms with Crippen LogP contribution in [0.25, 0.3) is 0 Å². The van der Waals surface area contributed by atoms with E-state index >= 15 is 0 Å². The summed E-state index contributed by atoms with van der Waals surface area (Å²) in [6.45, 7) is 0.576. The number of amides is 1. The lowest BCUT2D eigenvalue weighted by Gasteiger charge is -2.20. The number of hydrogen-bond donors (Lipinski definition) is 2. The topological polar surface area (TPSA) is 68.0 Å². The molecule has 2 atom stereocenters. The molecule has 1 amide bonds. The smallest absolute Gasteiger partial charge is 0.224 e. The van der Waals surface area contributed by atoms with E-state index in [1.165, 1.54) is 6.42 Å². The van der Waals surface area contributed by atoms with Crippen molar-refractivity contribution in [2.45, 2.75) is 44.7 Å². The largest absolute Gasteiger partial charge is 0.351 e. The molecule has 1 aromatic heterocycles. The summed E-state index contributed by atoms with van der Waals surface area (Å²) in [6.07, 6.45) is 7.16. The lowest BCUT2D eigenvalue weighted by molar-refractivity contribution is -0.125. The lowest BCUT2D eigenvalue weighted by Crippen LogP contribution is -2.40. The molecule has 5 heteroatoms. The molecule has 17 heavy (non-hydrogen) atoms. The summed E-state index contributed by atoms with van der Waals surface area (Å²) in [5, 5.41) is 2.96. The van der Waals surface area contributed by atoms with E-state index in [-0.39, 0.29) is 17.9 Å². The van der Waals surface area contributed by atoms with Gasteiger partial charge in [0.05, 0.1) is 18.0 Å². The van der Waals surface area contributed by atoms with Crippen LogP contribution in [0.2, 0.25) is 0 Å². The third kappa shape index (κ3) is 3.51. The van der Waals surface area contributed by atoms with Gasteiger partial charge in [-0.2, -0.15) is 0 Å². The molecular formula is C12H19N3OS. The Morgan fingerprint density at radius 2 is 2.29 bits per heavy atom. The molecule has 2 unspecified atom stereocenters. The number of thiazole rings is 1. The molecule has 1 aromatic rings. The van der Waals surface area contributed by atoms with Gasteiger partial charge in [-0.05, 0) is 12.8 Å². The van der Waals surface area contributed by atoms with Crippen LogP contribution >= 0.6 is 11.3 Å². The Bertz CT molecular complexity index is 353. The Balaban J connectivity index is 1.85. The van der Waals surface area contributed by atoms with Gasteiger partial charge in [-0.3, -0.25) is 9.78 Å². The fraction of sp³-hybridized carbons (Fsp3) is 0.667. The first kappa shape index (κ1) is 12.5. The molecule has 1 heterocycles. The summed E-state index contributed by atoms with van der Waals surface area (Å²) in [4.78, 5) is 17.1. The summed E-state index contributed by atoms with van der Waals surface area (Å²) in [5.41, 5.74) is 7.83. The predicted octanol–water partition coefficient (Wildman–Crippen LogP) is 1.67. The average Bonchev–Trinajstić information content (AvgIpc) is 2.75. The van der Waals surface area contributed by atoms with E-state index < -0.39 is 0 Å². The number of aromatic nitrogens is 1. The van der Waals surface area contributed by atoms with Gasteiger partial charge in [0.15, 0.2) is 0 Å². The van der Waals surface area contributed by atoms with Crippen LogP contribution in [-0.4, -0.2) is 16.9 Å². The van der Waals surface area contributed by atoms with Crippen LogP contribution in [-0.2, 0) is 11.3 Å². The zero-order valence-corrected chi connectivity index (χ0v) is 10.7. The van der Waals surface area contributed by atoms with Crippen molar-refractivity contribution < 1.29 is 4.79 Å². The molecule has 0 aromatic carbocycles. The SMILES string of the molecule is NC1CCCCCC1C(=O)NCc1cncs1. The van der Waals surface area contributed by atoms with Crippen molar-refractivity contribution in [3.8, 4) is 0 Å². The van der Waals surface area contributed by atoms with Crippen molar-refractivity contribution in [1.82, 2.24) is 10.3 Å². The number of carbonyl (C=O) groups excluding carboxylic acids is 1. The summed E-state index contributed by atoms with van der Waals surface area (Å²) >= 11 is 1.56. The Morgan fingerprint density at radius 1 is 1.47 bits per heavy atom. The monoisotopic (exact) mass is 253 g/mol. The molecule has 1 fully saturated rings. The van der Waals surface area contributed by atoms with Crippen LogP contribution < -0.4 is 11.1 Å². The second-order valence-electron chi connectivity index (χ2n) is 4.59. The number of carbonyl (C=O) groups is 1.